The zero-order valence-corrected chi connectivity index (χ0v) is 12.4. The van der Waals surface area contributed by atoms with Crippen LogP contribution >= 0.6 is 0 Å². The van der Waals surface area contributed by atoms with Crippen molar-refractivity contribution in [3.8, 4) is 0 Å². The second-order valence-electron chi connectivity index (χ2n) is 6.12. The van der Waals surface area contributed by atoms with Gasteiger partial charge in [-0.1, -0.05) is 33.1 Å². The van der Waals surface area contributed by atoms with Gasteiger partial charge in [0.1, 0.15) is 5.69 Å². The van der Waals surface area contributed by atoms with E-state index in [-0.39, 0.29) is 11.7 Å². The number of alkyl halides is 2. The summed E-state index contributed by atoms with van der Waals surface area (Å²) >= 11 is 0. The van der Waals surface area contributed by atoms with Crippen molar-refractivity contribution in [3.05, 3.63) is 17.5 Å². The number of hydrogen-bond acceptors (Lipinski definition) is 2. The van der Waals surface area contributed by atoms with Crippen LogP contribution in [0.3, 0.4) is 0 Å². The fourth-order valence-corrected chi connectivity index (χ4v) is 2.90. The highest BCUT2D eigenvalue weighted by Crippen LogP contribution is 2.33. The molecule has 0 saturated heterocycles. The molecule has 5 heteroatoms. The third kappa shape index (κ3) is 3.78. The molecular weight excluding hydrogens is 260 g/mol. The second kappa shape index (κ2) is 7.16. The normalized spacial score (nSPS) is 17.3. The molecule has 0 aliphatic heterocycles. The van der Waals surface area contributed by atoms with E-state index in [1.165, 1.54) is 6.42 Å². The number of nitrogens with one attached hydrogen (secondary N) is 1. The Labute approximate surface area is 119 Å². The Morgan fingerprint density at radius 2 is 2.00 bits per heavy atom. The maximum absolute atomic E-state index is 13.4. The Morgan fingerprint density at radius 3 is 2.60 bits per heavy atom. The summed E-state index contributed by atoms with van der Waals surface area (Å²) < 4.78 is 28.3. The number of nitrogens with zero attached hydrogens (tertiary/aromatic N) is 2. The number of rotatable bonds is 6. The number of halogens is 2. The lowest BCUT2D eigenvalue weighted by molar-refractivity contribution is 0.131. The molecule has 1 aliphatic carbocycles. The van der Waals surface area contributed by atoms with Gasteiger partial charge in [0, 0.05) is 12.1 Å². The first-order chi connectivity index (χ1) is 9.59. The average molecular weight is 285 g/mol. The minimum atomic E-state index is -2.45. The van der Waals surface area contributed by atoms with Crippen molar-refractivity contribution in [1.29, 1.82) is 0 Å². The molecule has 0 amide bonds. The van der Waals surface area contributed by atoms with Crippen LogP contribution in [0.15, 0.2) is 6.20 Å². The Balaban J connectivity index is 2.10. The molecule has 2 rings (SSSR count). The zero-order valence-electron chi connectivity index (χ0n) is 12.4. The Kier molecular flexibility index (Phi) is 5.52. The van der Waals surface area contributed by atoms with Crippen LogP contribution in [0.25, 0.3) is 0 Å². The summed E-state index contributed by atoms with van der Waals surface area (Å²) in [7, 11) is 0. The predicted molar refractivity (Wildman–Crippen MR) is 75.9 cm³/mol. The first kappa shape index (κ1) is 15.4. The van der Waals surface area contributed by atoms with E-state index in [0.717, 1.165) is 32.2 Å². The molecule has 1 aromatic rings. The van der Waals surface area contributed by atoms with Crippen molar-refractivity contribution in [2.75, 3.05) is 6.54 Å². The molecule has 1 saturated carbocycles. The number of aromatic nitrogens is 2. The van der Waals surface area contributed by atoms with Crippen LogP contribution < -0.4 is 5.32 Å². The smallest absolute Gasteiger partial charge is 0.280 e. The van der Waals surface area contributed by atoms with E-state index in [4.69, 9.17) is 0 Å². The van der Waals surface area contributed by atoms with Crippen LogP contribution in [-0.2, 0) is 6.54 Å². The standard InChI is InChI=1S/C15H25F2N3/c1-11(2)8-18-9-12-10-19-20(14(12)15(16)17)13-6-4-3-5-7-13/h10-11,13,15,18H,3-9H2,1-2H3. The summed E-state index contributed by atoms with van der Waals surface area (Å²) in [4.78, 5) is 0. The molecule has 1 aliphatic rings. The van der Waals surface area contributed by atoms with Crippen LogP contribution in [0.4, 0.5) is 8.78 Å². The molecule has 0 unspecified atom stereocenters. The average Bonchev–Trinajstić information content (AvgIpc) is 2.83. The van der Waals surface area contributed by atoms with E-state index in [1.54, 1.807) is 10.9 Å². The molecule has 0 bridgehead atoms. The van der Waals surface area contributed by atoms with E-state index in [1.807, 2.05) is 0 Å². The molecule has 0 aromatic carbocycles. The van der Waals surface area contributed by atoms with Gasteiger partial charge in [-0.25, -0.2) is 8.78 Å². The molecule has 1 N–H and O–H groups in total. The third-order valence-corrected chi connectivity index (χ3v) is 3.91. The molecule has 20 heavy (non-hydrogen) atoms. The van der Waals surface area contributed by atoms with E-state index in [0.29, 0.717) is 18.0 Å². The second-order valence-corrected chi connectivity index (χ2v) is 6.12. The quantitative estimate of drug-likeness (QED) is 0.853. The minimum Gasteiger partial charge on any atom is -0.312 e. The first-order valence-electron chi connectivity index (χ1n) is 7.64. The first-order valence-corrected chi connectivity index (χ1v) is 7.64. The topological polar surface area (TPSA) is 29.9 Å². The van der Waals surface area contributed by atoms with Gasteiger partial charge in [0.2, 0.25) is 0 Å². The van der Waals surface area contributed by atoms with Crippen molar-refractivity contribution < 1.29 is 8.78 Å². The highest BCUT2D eigenvalue weighted by molar-refractivity contribution is 5.19. The van der Waals surface area contributed by atoms with Gasteiger partial charge in [0.15, 0.2) is 0 Å². The van der Waals surface area contributed by atoms with E-state index in [9.17, 15) is 8.78 Å². The highest BCUT2D eigenvalue weighted by atomic mass is 19.3. The predicted octanol–water partition coefficient (Wildman–Crippen LogP) is 4.07. The van der Waals surface area contributed by atoms with Crippen molar-refractivity contribution in [2.24, 2.45) is 5.92 Å². The largest absolute Gasteiger partial charge is 0.312 e. The van der Waals surface area contributed by atoms with Crippen molar-refractivity contribution in [2.45, 2.75) is 65.0 Å². The van der Waals surface area contributed by atoms with Gasteiger partial charge < -0.3 is 5.32 Å². The van der Waals surface area contributed by atoms with Crippen LogP contribution in [0, 0.1) is 5.92 Å². The van der Waals surface area contributed by atoms with E-state index in [2.05, 4.69) is 24.3 Å². The molecular formula is C15H25F2N3. The van der Waals surface area contributed by atoms with Crippen LogP contribution in [0.1, 0.15) is 69.7 Å². The van der Waals surface area contributed by atoms with Gasteiger partial charge in [0.25, 0.3) is 6.43 Å². The molecule has 1 fully saturated rings. The summed E-state index contributed by atoms with van der Waals surface area (Å²) in [6, 6.07) is 0.159. The SMILES string of the molecule is CC(C)CNCc1cnn(C2CCCCC2)c1C(F)F. The van der Waals surface area contributed by atoms with Crippen LogP contribution in [0.5, 0.6) is 0 Å². The summed E-state index contributed by atoms with van der Waals surface area (Å²) in [5.74, 6) is 0.512. The summed E-state index contributed by atoms with van der Waals surface area (Å²) in [5.41, 5.74) is 0.763. The number of hydrogen-bond donors (Lipinski definition) is 1. The van der Waals surface area contributed by atoms with Crippen LogP contribution in [-0.4, -0.2) is 16.3 Å². The lowest BCUT2D eigenvalue weighted by atomic mass is 9.95. The maximum Gasteiger partial charge on any atom is 0.280 e. The molecule has 0 radical (unpaired) electrons. The van der Waals surface area contributed by atoms with Crippen molar-refractivity contribution >= 4 is 0 Å². The van der Waals surface area contributed by atoms with E-state index >= 15 is 0 Å². The van der Waals surface area contributed by atoms with Gasteiger partial charge in [-0.2, -0.15) is 5.10 Å². The van der Waals surface area contributed by atoms with Gasteiger partial charge in [-0.3, -0.25) is 4.68 Å². The summed E-state index contributed by atoms with van der Waals surface area (Å²) in [6.45, 7) is 5.51. The van der Waals surface area contributed by atoms with Crippen LogP contribution in [0.2, 0.25) is 0 Å². The lowest BCUT2D eigenvalue weighted by Gasteiger charge is -2.24. The monoisotopic (exact) mass is 285 g/mol. The summed E-state index contributed by atoms with van der Waals surface area (Å²) in [5, 5.41) is 7.48. The Hall–Kier alpha value is -0.970. The van der Waals surface area contributed by atoms with Gasteiger partial charge in [0.05, 0.1) is 12.2 Å². The molecule has 1 heterocycles. The highest BCUT2D eigenvalue weighted by Gasteiger charge is 2.25. The van der Waals surface area contributed by atoms with Crippen molar-refractivity contribution in [1.82, 2.24) is 15.1 Å². The van der Waals surface area contributed by atoms with Gasteiger partial charge in [-0.15, -0.1) is 0 Å². The minimum absolute atomic E-state index is 0.119. The molecule has 3 nitrogen and oxygen atoms in total. The zero-order chi connectivity index (χ0) is 14.5. The van der Waals surface area contributed by atoms with Gasteiger partial charge >= 0.3 is 0 Å². The molecule has 0 atom stereocenters. The Bertz CT molecular complexity index is 409. The molecule has 1 aromatic heterocycles. The third-order valence-electron chi connectivity index (χ3n) is 3.91. The fourth-order valence-electron chi connectivity index (χ4n) is 2.90. The summed E-state index contributed by atoms with van der Waals surface area (Å²) in [6.07, 6.45) is 4.56. The molecule has 114 valence electrons. The lowest BCUT2D eigenvalue weighted by Crippen LogP contribution is -2.21. The fraction of sp³-hybridized carbons (Fsp3) is 0.800. The maximum atomic E-state index is 13.4. The molecule has 0 spiro atoms. The van der Waals surface area contributed by atoms with E-state index < -0.39 is 6.43 Å². The van der Waals surface area contributed by atoms with Crippen molar-refractivity contribution in [3.63, 3.8) is 0 Å². The van der Waals surface area contributed by atoms with Gasteiger partial charge in [-0.05, 0) is 25.3 Å². The Morgan fingerprint density at radius 1 is 1.30 bits per heavy atom.